The van der Waals surface area contributed by atoms with Crippen LogP contribution < -0.4 is 4.74 Å². The number of aromatic nitrogens is 1. The Morgan fingerprint density at radius 2 is 2.31 bits per heavy atom. The SMILES string of the molecule is COc1nc([N+](=O)[O-])cc(CO)c1C(F)F. The fraction of sp³-hybridized carbons (Fsp3) is 0.375. The monoisotopic (exact) mass is 234 g/mol. The highest BCUT2D eigenvalue weighted by Gasteiger charge is 2.27. The summed E-state index contributed by atoms with van der Waals surface area (Å²) in [4.78, 5) is 12.9. The molecular formula is C8H8F2N2O4. The first kappa shape index (κ1) is 12.2. The number of methoxy groups -OCH3 is 1. The van der Waals surface area contributed by atoms with Crippen LogP contribution in [0.3, 0.4) is 0 Å². The van der Waals surface area contributed by atoms with Crippen LogP contribution in [0.2, 0.25) is 0 Å². The molecule has 0 atom stereocenters. The molecule has 0 radical (unpaired) electrons. The highest BCUT2D eigenvalue weighted by molar-refractivity contribution is 5.41. The van der Waals surface area contributed by atoms with Gasteiger partial charge in [-0.25, -0.2) is 8.78 Å². The quantitative estimate of drug-likeness (QED) is 0.629. The van der Waals surface area contributed by atoms with Gasteiger partial charge in [-0.3, -0.25) is 0 Å². The van der Waals surface area contributed by atoms with Gasteiger partial charge in [-0.05, 0) is 4.92 Å². The molecule has 0 aliphatic carbocycles. The van der Waals surface area contributed by atoms with E-state index in [9.17, 15) is 18.9 Å². The van der Waals surface area contributed by atoms with Crippen molar-refractivity contribution >= 4 is 5.82 Å². The molecule has 8 heteroatoms. The molecule has 1 heterocycles. The van der Waals surface area contributed by atoms with Crippen LogP contribution in [0.1, 0.15) is 17.6 Å². The van der Waals surface area contributed by atoms with Crippen molar-refractivity contribution in [3.63, 3.8) is 0 Å². The first-order valence-corrected chi connectivity index (χ1v) is 4.12. The van der Waals surface area contributed by atoms with Gasteiger partial charge in [0.2, 0.25) is 0 Å². The van der Waals surface area contributed by atoms with Gasteiger partial charge in [0.1, 0.15) is 5.56 Å². The lowest BCUT2D eigenvalue weighted by Crippen LogP contribution is -2.04. The maximum atomic E-state index is 12.6. The maximum Gasteiger partial charge on any atom is 0.368 e. The summed E-state index contributed by atoms with van der Waals surface area (Å²) >= 11 is 0. The lowest BCUT2D eigenvalue weighted by atomic mass is 10.1. The van der Waals surface area contributed by atoms with Crippen LogP contribution in [0.4, 0.5) is 14.6 Å². The molecule has 0 unspecified atom stereocenters. The minimum Gasteiger partial charge on any atom is -0.462 e. The van der Waals surface area contributed by atoms with Crippen molar-refractivity contribution < 1.29 is 23.5 Å². The summed E-state index contributed by atoms with van der Waals surface area (Å²) in [7, 11) is 1.07. The zero-order valence-corrected chi connectivity index (χ0v) is 8.18. The topological polar surface area (TPSA) is 85.5 Å². The number of hydrogen-bond acceptors (Lipinski definition) is 5. The number of alkyl halides is 2. The van der Waals surface area contributed by atoms with Crippen LogP contribution in [0.25, 0.3) is 0 Å². The second kappa shape index (κ2) is 4.79. The Hall–Kier alpha value is -1.83. The Kier molecular flexibility index (Phi) is 3.67. The molecule has 16 heavy (non-hydrogen) atoms. The van der Waals surface area contributed by atoms with Gasteiger partial charge in [0, 0.05) is 16.6 Å². The first-order valence-electron chi connectivity index (χ1n) is 4.12. The number of nitrogens with zero attached hydrogens (tertiary/aromatic N) is 2. The molecule has 0 amide bonds. The molecule has 0 bridgehead atoms. The van der Waals surface area contributed by atoms with Crippen LogP contribution in [0.5, 0.6) is 5.88 Å². The number of pyridine rings is 1. The Labute approximate surface area is 88.6 Å². The number of hydrogen-bond donors (Lipinski definition) is 1. The van der Waals surface area contributed by atoms with Gasteiger partial charge < -0.3 is 20.0 Å². The number of nitro groups is 1. The third-order valence-corrected chi connectivity index (χ3v) is 1.86. The summed E-state index contributed by atoms with van der Waals surface area (Å²) in [6, 6.07) is 0.796. The highest BCUT2D eigenvalue weighted by Crippen LogP contribution is 2.33. The predicted molar refractivity (Wildman–Crippen MR) is 48.3 cm³/mol. The molecule has 88 valence electrons. The summed E-state index contributed by atoms with van der Waals surface area (Å²) in [6.45, 7) is -0.751. The number of aliphatic hydroxyl groups excluding tert-OH is 1. The zero-order chi connectivity index (χ0) is 12.3. The van der Waals surface area contributed by atoms with E-state index >= 15 is 0 Å². The third kappa shape index (κ3) is 2.22. The van der Waals surface area contributed by atoms with E-state index in [1.54, 1.807) is 0 Å². The number of aliphatic hydroxyl groups is 1. The largest absolute Gasteiger partial charge is 0.462 e. The van der Waals surface area contributed by atoms with Gasteiger partial charge in [-0.1, -0.05) is 0 Å². The minimum absolute atomic E-state index is 0.270. The second-order valence-corrected chi connectivity index (χ2v) is 2.78. The van der Waals surface area contributed by atoms with Crippen molar-refractivity contribution in [1.29, 1.82) is 0 Å². The summed E-state index contributed by atoms with van der Waals surface area (Å²) < 4.78 is 29.7. The van der Waals surface area contributed by atoms with E-state index in [1.807, 2.05) is 0 Å². The molecule has 0 spiro atoms. The molecule has 1 N–H and O–H groups in total. The normalized spacial score (nSPS) is 10.6. The Morgan fingerprint density at radius 1 is 1.69 bits per heavy atom. The van der Waals surface area contributed by atoms with Gasteiger partial charge in [0.25, 0.3) is 6.43 Å². The Bertz CT molecular complexity index is 386. The van der Waals surface area contributed by atoms with Crippen LogP contribution in [-0.2, 0) is 6.61 Å². The van der Waals surface area contributed by atoms with Gasteiger partial charge >= 0.3 is 11.7 Å². The van der Waals surface area contributed by atoms with Gasteiger partial charge in [0.05, 0.1) is 13.7 Å². The molecule has 0 aromatic carbocycles. The molecule has 0 aliphatic heterocycles. The van der Waals surface area contributed by atoms with Crippen LogP contribution in [-0.4, -0.2) is 22.1 Å². The molecule has 1 aromatic rings. The minimum atomic E-state index is -2.93. The smallest absolute Gasteiger partial charge is 0.368 e. The summed E-state index contributed by atoms with van der Waals surface area (Å²) in [6.07, 6.45) is -2.93. The second-order valence-electron chi connectivity index (χ2n) is 2.78. The fourth-order valence-corrected chi connectivity index (χ4v) is 1.18. The molecule has 0 aliphatic rings. The van der Waals surface area contributed by atoms with E-state index in [0.717, 1.165) is 13.2 Å². The molecule has 6 nitrogen and oxygen atoms in total. The van der Waals surface area contributed by atoms with Crippen LogP contribution in [0.15, 0.2) is 6.07 Å². The molecule has 0 saturated carbocycles. The highest BCUT2D eigenvalue weighted by atomic mass is 19.3. The predicted octanol–water partition coefficient (Wildman–Crippen LogP) is 1.43. The summed E-state index contributed by atoms with van der Waals surface area (Å²) in [5.41, 5.74) is -0.899. The molecule has 0 fully saturated rings. The fourth-order valence-electron chi connectivity index (χ4n) is 1.18. The van der Waals surface area contributed by atoms with E-state index in [-0.39, 0.29) is 5.56 Å². The summed E-state index contributed by atoms with van der Waals surface area (Å²) in [5.74, 6) is -1.20. The van der Waals surface area contributed by atoms with Crippen molar-refractivity contribution in [2.24, 2.45) is 0 Å². The molecule has 1 rings (SSSR count). The number of rotatable bonds is 4. The van der Waals surface area contributed by atoms with Crippen molar-refractivity contribution in [2.45, 2.75) is 13.0 Å². The van der Waals surface area contributed by atoms with Gasteiger partial charge in [-0.15, -0.1) is 0 Å². The average molecular weight is 234 g/mol. The van der Waals surface area contributed by atoms with E-state index in [0.29, 0.717) is 0 Å². The molecular weight excluding hydrogens is 226 g/mol. The third-order valence-electron chi connectivity index (χ3n) is 1.86. The van der Waals surface area contributed by atoms with E-state index in [4.69, 9.17) is 5.11 Å². The zero-order valence-electron chi connectivity index (χ0n) is 8.18. The van der Waals surface area contributed by atoms with E-state index in [1.165, 1.54) is 0 Å². The lowest BCUT2D eigenvalue weighted by molar-refractivity contribution is -0.389. The molecule has 0 saturated heterocycles. The maximum absolute atomic E-state index is 12.6. The Balaban J connectivity index is 3.42. The van der Waals surface area contributed by atoms with Crippen molar-refractivity contribution in [3.8, 4) is 5.88 Å². The average Bonchev–Trinajstić information content (AvgIpc) is 2.26. The van der Waals surface area contributed by atoms with E-state index < -0.39 is 35.2 Å². The van der Waals surface area contributed by atoms with Gasteiger partial charge in [0.15, 0.2) is 0 Å². The number of ether oxygens (including phenoxy) is 1. The van der Waals surface area contributed by atoms with Crippen molar-refractivity contribution in [3.05, 3.63) is 27.3 Å². The van der Waals surface area contributed by atoms with Crippen molar-refractivity contribution in [1.82, 2.24) is 4.98 Å². The Morgan fingerprint density at radius 3 is 2.69 bits per heavy atom. The first-order chi connectivity index (χ1) is 7.51. The lowest BCUT2D eigenvalue weighted by Gasteiger charge is -2.07. The summed E-state index contributed by atoms with van der Waals surface area (Å²) in [5, 5.41) is 19.3. The molecule has 1 aromatic heterocycles. The van der Waals surface area contributed by atoms with Crippen LogP contribution >= 0.6 is 0 Å². The van der Waals surface area contributed by atoms with Crippen molar-refractivity contribution in [2.75, 3.05) is 7.11 Å². The van der Waals surface area contributed by atoms with E-state index in [2.05, 4.69) is 9.72 Å². The standard InChI is InChI=1S/C8H8F2N2O4/c1-16-8-6(7(9)10)4(3-13)2-5(11-8)12(14)15/h2,7,13H,3H2,1H3. The number of halogens is 2. The van der Waals surface area contributed by atoms with Gasteiger partial charge in [-0.2, -0.15) is 0 Å². The van der Waals surface area contributed by atoms with Crippen LogP contribution in [0, 0.1) is 10.1 Å².